The number of alkyl carbamates (subject to hydrolysis) is 1. The average molecular weight is 822 g/mol. The van der Waals surface area contributed by atoms with Gasteiger partial charge < -0.3 is 25.0 Å². The third kappa shape index (κ3) is 8.45. The first kappa shape index (κ1) is 38.9. The maximum atomic E-state index is 14.4. The first-order valence-corrected chi connectivity index (χ1v) is 20.2. The molecule has 3 heterocycles. The molecule has 0 unspecified atom stereocenters. The number of rotatable bonds is 6. The molecule has 2 aliphatic heterocycles. The van der Waals surface area contributed by atoms with Crippen LogP contribution in [-0.2, 0) is 29.1 Å². The summed E-state index contributed by atoms with van der Waals surface area (Å²) in [5.41, 5.74) is -1.33. The number of fused-ring (bicyclic) bond motifs is 3. The highest BCUT2D eigenvalue weighted by Gasteiger charge is 2.63. The molecule has 1 aromatic carbocycles. The molecular formula is C36H46BrFN6O8S. The normalized spacial score (nSPS) is 28.0. The summed E-state index contributed by atoms with van der Waals surface area (Å²) in [4.78, 5) is 65.8. The molecule has 0 spiro atoms. The number of aryl methyl sites for hydroxylation is 1. The minimum Gasteiger partial charge on any atom is -0.471 e. The largest absolute Gasteiger partial charge is 0.471 e. The highest BCUT2D eigenvalue weighted by molar-refractivity contribution is 9.10. The topological polar surface area (TPSA) is 186 Å². The Bertz CT molecular complexity index is 1970. The van der Waals surface area contributed by atoms with E-state index in [1.165, 1.54) is 17.0 Å². The SMILES string of the molecule is Cc1nc2c(Br)cc(F)cc2nc1O[C@@H]1C[C@H]2C(=O)N[C@]3(C(=O)NS(=O)(=O)C4(C)CC4)C[C@H]3/C=C\CCCCC[C@H](NC(=O)OC(C)(C)C)C(=O)N2C1. The predicted octanol–water partition coefficient (Wildman–Crippen LogP) is 4.48. The van der Waals surface area contributed by atoms with Crippen LogP contribution in [-0.4, -0.2) is 87.7 Å². The molecule has 4 amide bonds. The van der Waals surface area contributed by atoms with Crippen LogP contribution in [0.5, 0.6) is 5.88 Å². The minimum atomic E-state index is -4.01. The van der Waals surface area contributed by atoms with Gasteiger partial charge in [0, 0.05) is 22.9 Å². The lowest BCUT2D eigenvalue weighted by molar-refractivity contribution is -0.141. The first-order valence-electron chi connectivity index (χ1n) is 18.0. The molecule has 53 heavy (non-hydrogen) atoms. The fourth-order valence-corrected chi connectivity index (χ4v) is 8.64. The summed E-state index contributed by atoms with van der Waals surface area (Å²) in [5, 5.41) is 5.55. The van der Waals surface area contributed by atoms with Gasteiger partial charge in [-0.2, -0.15) is 0 Å². The molecule has 2 aromatic rings. The van der Waals surface area contributed by atoms with E-state index in [-0.39, 0.29) is 37.2 Å². The van der Waals surface area contributed by atoms with Crippen LogP contribution in [0.3, 0.4) is 0 Å². The van der Waals surface area contributed by atoms with Crippen LogP contribution in [0.1, 0.15) is 91.2 Å². The maximum Gasteiger partial charge on any atom is 0.408 e. The van der Waals surface area contributed by atoms with Crippen LogP contribution in [0.4, 0.5) is 9.18 Å². The Morgan fingerprint density at radius 1 is 1.13 bits per heavy atom. The highest BCUT2D eigenvalue weighted by Crippen LogP contribution is 2.47. The van der Waals surface area contributed by atoms with Crippen molar-refractivity contribution in [3.8, 4) is 5.88 Å². The van der Waals surface area contributed by atoms with E-state index >= 15 is 0 Å². The molecular weight excluding hydrogens is 775 g/mol. The molecule has 6 rings (SSSR count). The summed E-state index contributed by atoms with van der Waals surface area (Å²) in [6.07, 6.45) is 6.21. The number of allylic oxidation sites excluding steroid dienone is 1. The summed E-state index contributed by atoms with van der Waals surface area (Å²) >= 11 is 3.31. The number of carbonyl (C=O) groups is 4. The van der Waals surface area contributed by atoms with E-state index < -0.39 is 79.6 Å². The number of amides is 4. The van der Waals surface area contributed by atoms with Crippen molar-refractivity contribution in [1.82, 2.24) is 30.2 Å². The van der Waals surface area contributed by atoms with E-state index in [0.717, 1.165) is 12.8 Å². The molecule has 2 saturated carbocycles. The van der Waals surface area contributed by atoms with Crippen molar-refractivity contribution in [3.05, 3.63) is 40.3 Å². The molecule has 2 aliphatic carbocycles. The maximum absolute atomic E-state index is 14.4. The van der Waals surface area contributed by atoms with Crippen LogP contribution in [0.2, 0.25) is 0 Å². The standard InChI is InChI=1S/C36H46BrFN6O8S/c1-20-30(40-26-16-22(38)15-24(37)28(26)39-20)51-23-17-27-29(45)42-36(32(47)43-53(49,50)35(5)13-14-35)18-21(36)11-9-7-6-8-10-12-25(31(46)44(27)19-23)41-33(48)52-34(2,3)4/h9,11,15-16,21,23,25,27H,6-8,10,12-14,17-19H2,1-5H3,(H,41,48)(H,42,45)(H,43,47)/b11-9-/t21-,23-,25+,27+,36-/m1/s1. The number of nitrogens with zero attached hydrogens (tertiary/aromatic N) is 3. The van der Waals surface area contributed by atoms with Crippen molar-refractivity contribution >= 4 is 60.8 Å². The fraction of sp³-hybridized carbons (Fsp3) is 0.611. The second-order valence-electron chi connectivity index (χ2n) is 15.8. The van der Waals surface area contributed by atoms with E-state index in [0.29, 0.717) is 41.4 Å². The smallest absolute Gasteiger partial charge is 0.408 e. The summed E-state index contributed by atoms with van der Waals surface area (Å²) in [7, 11) is -4.01. The van der Waals surface area contributed by atoms with Crippen LogP contribution in [0.15, 0.2) is 28.8 Å². The van der Waals surface area contributed by atoms with E-state index in [1.54, 1.807) is 34.6 Å². The highest BCUT2D eigenvalue weighted by atomic mass is 79.9. The van der Waals surface area contributed by atoms with E-state index in [1.807, 2.05) is 12.2 Å². The van der Waals surface area contributed by atoms with Crippen molar-refractivity contribution in [1.29, 1.82) is 0 Å². The Hall–Kier alpha value is -3.86. The quantitative estimate of drug-likeness (QED) is 0.351. The van der Waals surface area contributed by atoms with E-state index in [4.69, 9.17) is 9.47 Å². The Labute approximate surface area is 316 Å². The minimum absolute atomic E-state index is 0.0304. The van der Waals surface area contributed by atoms with Crippen molar-refractivity contribution < 1.29 is 41.5 Å². The van der Waals surface area contributed by atoms with Gasteiger partial charge in [0.15, 0.2) is 0 Å². The summed E-state index contributed by atoms with van der Waals surface area (Å²) in [6, 6.07) is 0.280. The van der Waals surface area contributed by atoms with Crippen LogP contribution in [0, 0.1) is 18.7 Å². The zero-order valence-corrected chi connectivity index (χ0v) is 32.9. The number of carbonyl (C=O) groups excluding carboxylic acids is 4. The molecule has 0 radical (unpaired) electrons. The molecule has 14 nitrogen and oxygen atoms in total. The van der Waals surface area contributed by atoms with Crippen molar-refractivity contribution in [2.45, 2.75) is 126 Å². The molecule has 17 heteroatoms. The van der Waals surface area contributed by atoms with Gasteiger partial charge in [-0.25, -0.2) is 27.6 Å². The lowest BCUT2D eigenvalue weighted by Crippen LogP contribution is -2.58. The molecule has 5 atom stereocenters. The van der Waals surface area contributed by atoms with Gasteiger partial charge in [0.05, 0.1) is 16.8 Å². The molecule has 0 bridgehead atoms. The molecule has 3 N–H and O–H groups in total. The Balaban J connectivity index is 1.32. The molecule has 4 aliphatic rings. The van der Waals surface area contributed by atoms with Gasteiger partial charge in [-0.05, 0) is 95.1 Å². The number of hydrogen-bond acceptors (Lipinski definition) is 10. The van der Waals surface area contributed by atoms with Crippen molar-refractivity contribution in [3.63, 3.8) is 0 Å². The summed E-state index contributed by atoms with van der Waals surface area (Å²) in [6.45, 7) is 8.27. The van der Waals surface area contributed by atoms with Gasteiger partial charge in [-0.1, -0.05) is 25.0 Å². The first-order chi connectivity index (χ1) is 24.8. The van der Waals surface area contributed by atoms with Crippen molar-refractivity contribution in [2.24, 2.45) is 5.92 Å². The lowest BCUT2D eigenvalue weighted by Gasteiger charge is -2.30. The molecule has 1 aromatic heterocycles. The third-order valence-corrected chi connectivity index (χ3v) is 13.0. The molecule has 3 fully saturated rings. The number of halogens is 2. The fourth-order valence-electron chi connectivity index (χ4n) is 6.82. The molecule has 288 valence electrons. The van der Waals surface area contributed by atoms with Crippen LogP contribution < -0.4 is 20.1 Å². The number of benzene rings is 1. The zero-order valence-electron chi connectivity index (χ0n) is 30.5. The van der Waals surface area contributed by atoms with Crippen molar-refractivity contribution in [2.75, 3.05) is 6.54 Å². The number of ether oxygens (including phenoxy) is 2. The van der Waals surface area contributed by atoms with Gasteiger partial charge in [-0.15, -0.1) is 0 Å². The predicted molar refractivity (Wildman–Crippen MR) is 196 cm³/mol. The van der Waals surface area contributed by atoms with Gasteiger partial charge in [-0.3, -0.25) is 19.1 Å². The van der Waals surface area contributed by atoms with Gasteiger partial charge >= 0.3 is 6.09 Å². The van der Waals surface area contributed by atoms with Crippen LogP contribution >= 0.6 is 15.9 Å². The third-order valence-electron chi connectivity index (χ3n) is 10.3. The van der Waals surface area contributed by atoms with E-state index in [2.05, 4.69) is 41.3 Å². The number of sulfonamides is 1. The Kier molecular flexibility index (Phi) is 10.6. The average Bonchev–Trinajstić information content (AvgIpc) is 3.93. The molecule has 1 saturated heterocycles. The van der Waals surface area contributed by atoms with Gasteiger partial charge in [0.1, 0.15) is 46.4 Å². The van der Waals surface area contributed by atoms with E-state index in [9.17, 15) is 32.0 Å². The summed E-state index contributed by atoms with van der Waals surface area (Å²) in [5.74, 6) is -2.96. The Morgan fingerprint density at radius 2 is 1.87 bits per heavy atom. The number of hydrogen-bond donors (Lipinski definition) is 3. The van der Waals surface area contributed by atoms with Gasteiger partial charge in [0.2, 0.25) is 27.7 Å². The van der Waals surface area contributed by atoms with Crippen LogP contribution in [0.25, 0.3) is 11.0 Å². The monoisotopic (exact) mass is 820 g/mol. The lowest BCUT2D eigenvalue weighted by atomic mass is 10.0. The summed E-state index contributed by atoms with van der Waals surface area (Å²) < 4.78 is 53.8. The Morgan fingerprint density at radius 3 is 2.57 bits per heavy atom. The van der Waals surface area contributed by atoms with Gasteiger partial charge in [0.25, 0.3) is 5.91 Å². The second-order valence-corrected chi connectivity index (χ2v) is 18.8. The second kappa shape index (κ2) is 14.4. The number of nitrogens with one attached hydrogen (secondary N) is 3. The number of aromatic nitrogens is 2. The zero-order chi connectivity index (χ0) is 38.5.